The highest BCUT2D eigenvalue weighted by Gasteiger charge is 2.23. The largest absolute Gasteiger partial charge is 0.366 e. The maximum atomic E-state index is 11.6. The normalized spacial score (nSPS) is 17.5. The van der Waals surface area contributed by atoms with Crippen LogP contribution in [0.2, 0.25) is 5.02 Å². The molecule has 0 amide bonds. The van der Waals surface area contributed by atoms with Crippen LogP contribution in [-0.2, 0) is 0 Å². The third kappa shape index (κ3) is 3.00. The maximum absolute atomic E-state index is 11.6. The number of anilines is 1. The summed E-state index contributed by atoms with van der Waals surface area (Å²) in [4.78, 5) is 16.1. The topological polar surface area (TPSA) is 52.2 Å². The fraction of sp³-hybridized carbons (Fsp3) is 0.375. The van der Waals surface area contributed by atoms with Gasteiger partial charge in [-0.25, -0.2) is 5.10 Å². The van der Waals surface area contributed by atoms with Crippen LogP contribution in [0.15, 0.2) is 41.3 Å². The van der Waals surface area contributed by atoms with Gasteiger partial charge in [-0.3, -0.25) is 9.69 Å². The number of nitrogens with one attached hydrogen (secondary N) is 1. The zero-order chi connectivity index (χ0) is 15.5. The molecule has 0 bridgehead atoms. The smallest absolute Gasteiger partial charge is 0.285 e. The van der Waals surface area contributed by atoms with E-state index in [2.05, 4.69) is 51.2 Å². The van der Waals surface area contributed by atoms with Crippen molar-refractivity contribution < 1.29 is 0 Å². The fourth-order valence-electron chi connectivity index (χ4n) is 2.89. The number of aromatic amines is 1. The molecule has 1 aromatic heterocycles. The zero-order valence-corrected chi connectivity index (χ0v) is 13.3. The molecule has 1 unspecified atom stereocenters. The third-order valence-corrected chi connectivity index (χ3v) is 4.63. The number of rotatable bonds is 3. The Kier molecular flexibility index (Phi) is 4.45. The number of hydrogen-bond donors (Lipinski definition) is 1. The average Bonchev–Trinajstić information content (AvgIpc) is 2.58. The summed E-state index contributed by atoms with van der Waals surface area (Å²) in [6.45, 7) is 5.76. The molecule has 0 radical (unpaired) electrons. The quantitative estimate of drug-likeness (QED) is 0.943. The molecule has 6 heteroatoms. The molecule has 1 N–H and O–H groups in total. The Morgan fingerprint density at radius 3 is 2.55 bits per heavy atom. The molecule has 116 valence electrons. The van der Waals surface area contributed by atoms with Gasteiger partial charge in [0, 0.05) is 32.2 Å². The van der Waals surface area contributed by atoms with Crippen molar-refractivity contribution in [1.82, 2.24) is 15.1 Å². The summed E-state index contributed by atoms with van der Waals surface area (Å²) < 4.78 is 0. The van der Waals surface area contributed by atoms with Crippen LogP contribution >= 0.6 is 11.6 Å². The van der Waals surface area contributed by atoms with Gasteiger partial charge in [0.05, 0.1) is 11.9 Å². The molecule has 0 aliphatic carbocycles. The zero-order valence-electron chi connectivity index (χ0n) is 12.5. The van der Waals surface area contributed by atoms with Gasteiger partial charge in [-0.15, -0.1) is 0 Å². The lowest BCUT2D eigenvalue weighted by molar-refractivity contribution is 0.198. The van der Waals surface area contributed by atoms with E-state index in [9.17, 15) is 4.79 Å². The van der Waals surface area contributed by atoms with Crippen molar-refractivity contribution in [2.75, 3.05) is 31.1 Å². The lowest BCUT2D eigenvalue weighted by Gasteiger charge is -2.39. The van der Waals surface area contributed by atoms with Crippen molar-refractivity contribution in [2.24, 2.45) is 0 Å². The van der Waals surface area contributed by atoms with E-state index in [1.54, 1.807) is 6.20 Å². The van der Waals surface area contributed by atoms with Crippen molar-refractivity contribution in [2.45, 2.75) is 13.0 Å². The summed E-state index contributed by atoms with van der Waals surface area (Å²) >= 11 is 6.08. The predicted molar refractivity (Wildman–Crippen MR) is 88.5 cm³/mol. The second-order valence-electron chi connectivity index (χ2n) is 5.51. The SMILES string of the molecule is CC(c1ccccc1)N1CCN(c2cn[nH]c(=O)c2Cl)CC1. The van der Waals surface area contributed by atoms with E-state index in [0.29, 0.717) is 6.04 Å². The second kappa shape index (κ2) is 6.50. The van der Waals surface area contributed by atoms with E-state index in [0.717, 1.165) is 31.9 Å². The Morgan fingerprint density at radius 1 is 1.18 bits per heavy atom. The van der Waals surface area contributed by atoms with E-state index < -0.39 is 0 Å². The molecule has 2 aromatic rings. The standard InChI is InChI=1S/C16H19ClN4O/c1-12(13-5-3-2-4-6-13)20-7-9-21(10-8-20)14-11-18-19-16(22)15(14)17/h2-6,11-12H,7-10H2,1H3,(H,19,22). The molecule has 1 atom stereocenters. The first-order valence-electron chi connectivity index (χ1n) is 7.44. The molecule has 2 heterocycles. The Hall–Kier alpha value is -1.85. The molecule has 0 saturated carbocycles. The minimum Gasteiger partial charge on any atom is -0.366 e. The monoisotopic (exact) mass is 318 g/mol. The summed E-state index contributed by atoms with van der Waals surface area (Å²) in [6, 6.07) is 10.9. The van der Waals surface area contributed by atoms with Gasteiger partial charge in [-0.2, -0.15) is 5.10 Å². The molecule has 5 nitrogen and oxygen atoms in total. The molecule has 0 spiro atoms. The number of benzene rings is 1. The average molecular weight is 319 g/mol. The summed E-state index contributed by atoms with van der Waals surface area (Å²) in [5, 5.41) is 6.42. The molecule has 1 aliphatic rings. The Bertz CT molecular complexity index is 680. The molecule has 3 rings (SSSR count). The van der Waals surface area contributed by atoms with E-state index in [1.165, 1.54) is 5.56 Å². The first-order chi connectivity index (χ1) is 10.7. The van der Waals surface area contributed by atoms with Crippen LogP contribution in [0.5, 0.6) is 0 Å². The van der Waals surface area contributed by atoms with Gasteiger partial charge in [-0.05, 0) is 12.5 Å². The van der Waals surface area contributed by atoms with Gasteiger partial charge in [0.1, 0.15) is 5.02 Å². The molecule has 22 heavy (non-hydrogen) atoms. The minimum absolute atomic E-state index is 0.222. The molecule has 1 aromatic carbocycles. The first-order valence-corrected chi connectivity index (χ1v) is 7.81. The first kappa shape index (κ1) is 15.1. The van der Waals surface area contributed by atoms with Crippen LogP contribution in [0.3, 0.4) is 0 Å². The molecule has 1 aliphatic heterocycles. The molecular formula is C16H19ClN4O. The van der Waals surface area contributed by atoms with Gasteiger partial charge >= 0.3 is 0 Å². The molecule has 1 fully saturated rings. The van der Waals surface area contributed by atoms with Crippen LogP contribution in [0.25, 0.3) is 0 Å². The number of piperazine rings is 1. The van der Waals surface area contributed by atoms with E-state index in [-0.39, 0.29) is 10.6 Å². The number of hydrogen-bond acceptors (Lipinski definition) is 4. The highest BCUT2D eigenvalue weighted by atomic mass is 35.5. The van der Waals surface area contributed by atoms with Crippen molar-refractivity contribution in [1.29, 1.82) is 0 Å². The highest BCUT2D eigenvalue weighted by Crippen LogP contribution is 2.25. The number of nitrogens with zero attached hydrogens (tertiary/aromatic N) is 3. The number of halogens is 1. The van der Waals surface area contributed by atoms with Gasteiger partial charge in [-0.1, -0.05) is 41.9 Å². The Morgan fingerprint density at radius 2 is 1.86 bits per heavy atom. The van der Waals surface area contributed by atoms with Crippen LogP contribution in [0.1, 0.15) is 18.5 Å². The van der Waals surface area contributed by atoms with Crippen LogP contribution in [0, 0.1) is 0 Å². The van der Waals surface area contributed by atoms with Crippen LogP contribution in [0.4, 0.5) is 5.69 Å². The van der Waals surface area contributed by atoms with E-state index >= 15 is 0 Å². The summed E-state index contributed by atoms with van der Waals surface area (Å²) in [5.74, 6) is 0. The van der Waals surface area contributed by atoms with Gasteiger partial charge < -0.3 is 4.90 Å². The van der Waals surface area contributed by atoms with Crippen LogP contribution < -0.4 is 10.5 Å². The third-order valence-electron chi connectivity index (χ3n) is 4.26. The van der Waals surface area contributed by atoms with Crippen molar-refractivity contribution in [3.63, 3.8) is 0 Å². The Labute approximate surface area is 134 Å². The molecular weight excluding hydrogens is 300 g/mol. The van der Waals surface area contributed by atoms with Gasteiger partial charge in [0.25, 0.3) is 5.56 Å². The second-order valence-corrected chi connectivity index (χ2v) is 5.89. The van der Waals surface area contributed by atoms with Crippen molar-refractivity contribution in [3.8, 4) is 0 Å². The summed E-state index contributed by atoms with van der Waals surface area (Å²) in [7, 11) is 0. The van der Waals surface area contributed by atoms with Crippen LogP contribution in [-0.4, -0.2) is 41.3 Å². The molecule has 1 saturated heterocycles. The lowest BCUT2D eigenvalue weighted by atomic mass is 10.1. The number of H-pyrrole nitrogens is 1. The van der Waals surface area contributed by atoms with Gasteiger partial charge in [0.2, 0.25) is 0 Å². The van der Waals surface area contributed by atoms with E-state index in [4.69, 9.17) is 11.6 Å². The predicted octanol–water partition coefficient (Wildman–Crippen LogP) is 2.31. The van der Waals surface area contributed by atoms with Crippen molar-refractivity contribution in [3.05, 3.63) is 57.5 Å². The lowest BCUT2D eigenvalue weighted by Crippen LogP contribution is -2.47. The maximum Gasteiger partial charge on any atom is 0.285 e. The summed E-state index contributed by atoms with van der Waals surface area (Å²) in [6.07, 6.45) is 1.63. The highest BCUT2D eigenvalue weighted by molar-refractivity contribution is 6.32. The summed E-state index contributed by atoms with van der Waals surface area (Å²) in [5.41, 5.74) is 1.71. The minimum atomic E-state index is -0.334. The van der Waals surface area contributed by atoms with Gasteiger partial charge in [0.15, 0.2) is 0 Å². The van der Waals surface area contributed by atoms with Crippen molar-refractivity contribution >= 4 is 17.3 Å². The number of aromatic nitrogens is 2. The van der Waals surface area contributed by atoms with E-state index in [1.807, 2.05) is 6.07 Å². The Balaban J connectivity index is 1.68. The fourth-order valence-corrected chi connectivity index (χ4v) is 3.10.